The minimum atomic E-state index is -0.768. The lowest BCUT2D eigenvalue weighted by Gasteiger charge is -2.21. The average molecular weight is 315 g/mol. The molecule has 1 rings (SSSR count). The van der Waals surface area contributed by atoms with Crippen LogP contribution in [0.3, 0.4) is 0 Å². The molecule has 0 spiro atoms. The van der Waals surface area contributed by atoms with Crippen molar-refractivity contribution in [2.45, 2.75) is 25.9 Å². The predicted molar refractivity (Wildman–Crippen MR) is 76.6 cm³/mol. The molecule has 18 heavy (non-hydrogen) atoms. The summed E-state index contributed by atoms with van der Waals surface area (Å²) in [6.07, 6.45) is 0.646. The zero-order valence-corrected chi connectivity index (χ0v) is 12.3. The number of rotatable bonds is 6. The van der Waals surface area contributed by atoms with Crippen molar-refractivity contribution < 1.29 is 9.90 Å². The van der Waals surface area contributed by atoms with E-state index in [9.17, 15) is 9.90 Å². The van der Waals surface area contributed by atoms with Gasteiger partial charge in [-0.15, -0.1) is 0 Å². The number of anilines is 1. The second-order valence-electron chi connectivity index (χ2n) is 4.51. The largest absolute Gasteiger partial charge is 0.389 e. The number of hydrogen-bond acceptors (Lipinski definition) is 3. The van der Waals surface area contributed by atoms with Crippen molar-refractivity contribution in [1.29, 1.82) is 0 Å². The summed E-state index contributed by atoms with van der Waals surface area (Å²) in [5.74, 6) is -0.125. The molecule has 0 aliphatic rings. The molecule has 3 N–H and O–H groups in total. The smallest absolute Gasteiger partial charge is 0.238 e. The molecule has 0 aliphatic heterocycles. The minimum Gasteiger partial charge on any atom is -0.389 e. The molecule has 1 aromatic rings. The standard InChI is InChI=1S/C13H19BrN2O2/c1-3-13(2,18)9-15-8-12(17)16-11-6-4-5-10(14)7-11/h4-7,15,18H,3,8-9H2,1-2H3,(H,16,17). The molecule has 0 saturated carbocycles. The molecule has 1 unspecified atom stereocenters. The van der Waals surface area contributed by atoms with E-state index in [0.29, 0.717) is 13.0 Å². The van der Waals surface area contributed by atoms with Gasteiger partial charge in [0.15, 0.2) is 0 Å². The third-order valence-electron chi connectivity index (χ3n) is 2.66. The summed E-state index contributed by atoms with van der Waals surface area (Å²) >= 11 is 3.34. The second-order valence-corrected chi connectivity index (χ2v) is 5.43. The number of carbonyl (C=O) groups excluding carboxylic acids is 1. The average Bonchev–Trinajstić information content (AvgIpc) is 2.28. The minimum absolute atomic E-state index is 0.125. The Morgan fingerprint density at radius 2 is 2.22 bits per heavy atom. The maximum atomic E-state index is 11.6. The normalized spacial score (nSPS) is 14.0. The van der Waals surface area contributed by atoms with Gasteiger partial charge in [0.2, 0.25) is 5.91 Å². The van der Waals surface area contributed by atoms with Crippen LogP contribution in [-0.2, 0) is 4.79 Å². The Morgan fingerprint density at radius 1 is 1.50 bits per heavy atom. The molecule has 0 bridgehead atoms. The topological polar surface area (TPSA) is 61.4 Å². The first-order valence-corrected chi connectivity index (χ1v) is 6.71. The predicted octanol–water partition coefficient (Wildman–Crippen LogP) is 2.14. The van der Waals surface area contributed by atoms with Gasteiger partial charge in [0.05, 0.1) is 12.1 Å². The Hall–Kier alpha value is -0.910. The van der Waals surface area contributed by atoms with E-state index in [1.54, 1.807) is 6.92 Å². The van der Waals surface area contributed by atoms with Crippen LogP contribution in [0.2, 0.25) is 0 Å². The van der Waals surface area contributed by atoms with Gasteiger partial charge >= 0.3 is 0 Å². The van der Waals surface area contributed by atoms with Crippen LogP contribution in [0.15, 0.2) is 28.7 Å². The second kappa shape index (κ2) is 6.87. The molecule has 0 heterocycles. The Kier molecular flexibility index (Phi) is 5.78. The van der Waals surface area contributed by atoms with E-state index in [1.165, 1.54) is 0 Å². The summed E-state index contributed by atoms with van der Waals surface area (Å²) in [5.41, 5.74) is -0.0193. The Morgan fingerprint density at radius 3 is 2.83 bits per heavy atom. The Bertz CT molecular complexity index is 408. The maximum Gasteiger partial charge on any atom is 0.238 e. The van der Waals surface area contributed by atoms with Crippen molar-refractivity contribution in [1.82, 2.24) is 5.32 Å². The first kappa shape index (κ1) is 15.1. The highest BCUT2D eigenvalue weighted by molar-refractivity contribution is 9.10. The van der Waals surface area contributed by atoms with Gasteiger partial charge in [-0.1, -0.05) is 28.9 Å². The first-order valence-electron chi connectivity index (χ1n) is 5.91. The zero-order valence-electron chi connectivity index (χ0n) is 10.7. The lowest BCUT2D eigenvalue weighted by atomic mass is 10.0. The maximum absolute atomic E-state index is 11.6. The number of nitrogens with one attached hydrogen (secondary N) is 2. The molecule has 0 fully saturated rings. The van der Waals surface area contributed by atoms with Crippen molar-refractivity contribution in [2.24, 2.45) is 0 Å². The van der Waals surface area contributed by atoms with E-state index in [2.05, 4.69) is 26.6 Å². The molecule has 1 aromatic carbocycles. The summed E-state index contributed by atoms with van der Waals surface area (Å²) in [4.78, 5) is 11.6. The summed E-state index contributed by atoms with van der Waals surface area (Å²) in [5, 5.41) is 15.5. The highest BCUT2D eigenvalue weighted by Gasteiger charge is 2.16. The fraction of sp³-hybridized carbons (Fsp3) is 0.462. The molecule has 0 aliphatic carbocycles. The monoisotopic (exact) mass is 314 g/mol. The van der Waals surface area contributed by atoms with Crippen LogP contribution in [0.1, 0.15) is 20.3 Å². The van der Waals surface area contributed by atoms with Crippen molar-refractivity contribution in [3.05, 3.63) is 28.7 Å². The zero-order chi connectivity index (χ0) is 13.6. The quantitative estimate of drug-likeness (QED) is 0.754. The third kappa shape index (κ3) is 5.62. The molecular weight excluding hydrogens is 296 g/mol. The van der Waals surface area contributed by atoms with Gasteiger partial charge in [-0.25, -0.2) is 0 Å². The van der Waals surface area contributed by atoms with Gasteiger partial charge in [-0.3, -0.25) is 4.79 Å². The summed E-state index contributed by atoms with van der Waals surface area (Å²) < 4.78 is 0.919. The lowest BCUT2D eigenvalue weighted by Crippen LogP contribution is -2.40. The van der Waals surface area contributed by atoms with Gasteiger partial charge < -0.3 is 15.7 Å². The molecule has 5 heteroatoms. The van der Waals surface area contributed by atoms with Gasteiger partial charge in [-0.2, -0.15) is 0 Å². The molecule has 0 radical (unpaired) electrons. The summed E-state index contributed by atoms with van der Waals surface area (Å²) in [7, 11) is 0. The highest BCUT2D eigenvalue weighted by atomic mass is 79.9. The van der Waals surface area contributed by atoms with E-state index in [1.807, 2.05) is 31.2 Å². The number of amides is 1. The van der Waals surface area contributed by atoms with Crippen LogP contribution in [0.5, 0.6) is 0 Å². The van der Waals surface area contributed by atoms with Crippen LogP contribution in [0, 0.1) is 0 Å². The van der Waals surface area contributed by atoms with Crippen LogP contribution in [-0.4, -0.2) is 29.7 Å². The SMILES string of the molecule is CCC(C)(O)CNCC(=O)Nc1cccc(Br)c1. The molecule has 100 valence electrons. The van der Waals surface area contributed by atoms with Crippen LogP contribution in [0.4, 0.5) is 5.69 Å². The molecule has 0 aromatic heterocycles. The van der Waals surface area contributed by atoms with Crippen molar-refractivity contribution in [3.8, 4) is 0 Å². The Balaban J connectivity index is 2.34. The first-order chi connectivity index (χ1) is 8.43. The fourth-order valence-electron chi connectivity index (χ4n) is 1.34. The number of aliphatic hydroxyl groups is 1. The van der Waals surface area contributed by atoms with Crippen LogP contribution in [0.25, 0.3) is 0 Å². The number of carbonyl (C=O) groups is 1. The van der Waals surface area contributed by atoms with E-state index < -0.39 is 5.60 Å². The summed E-state index contributed by atoms with van der Waals surface area (Å²) in [6, 6.07) is 7.41. The number of hydrogen-bond donors (Lipinski definition) is 3. The van der Waals surface area contributed by atoms with Crippen molar-refractivity contribution in [3.63, 3.8) is 0 Å². The van der Waals surface area contributed by atoms with E-state index >= 15 is 0 Å². The Labute approximate surface area is 116 Å². The van der Waals surface area contributed by atoms with Gasteiger partial charge in [-0.05, 0) is 31.5 Å². The molecular formula is C13H19BrN2O2. The van der Waals surface area contributed by atoms with Crippen molar-refractivity contribution >= 4 is 27.5 Å². The van der Waals surface area contributed by atoms with E-state index in [0.717, 1.165) is 10.2 Å². The van der Waals surface area contributed by atoms with Crippen LogP contribution < -0.4 is 10.6 Å². The lowest BCUT2D eigenvalue weighted by molar-refractivity contribution is -0.115. The fourth-order valence-corrected chi connectivity index (χ4v) is 1.74. The van der Waals surface area contributed by atoms with Gasteiger partial charge in [0.25, 0.3) is 0 Å². The van der Waals surface area contributed by atoms with Crippen molar-refractivity contribution in [2.75, 3.05) is 18.4 Å². The highest BCUT2D eigenvalue weighted by Crippen LogP contribution is 2.15. The summed E-state index contributed by atoms with van der Waals surface area (Å²) in [6.45, 7) is 4.23. The van der Waals surface area contributed by atoms with Gasteiger partial charge in [0.1, 0.15) is 0 Å². The van der Waals surface area contributed by atoms with Crippen LogP contribution >= 0.6 is 15.9 Å². The number of halogens is 1. The number of benzene rings is 1. The third-order valence-corrected chi connectivity index (χ3v) is 3.15. The van der Waals surface area contributed by atoms with E-state index in [4.69, 9.17) is 0 Å². The van der Waals surface area contributed by atoms with Gasteiger partial charge in [0, 0.05) is 16.7 Å². The molecule has 1 atom stereocenters. The molecule has 1 amide bonds. The molecule has 0 saturated heterocycles. The van der Waals surface area contributed by atoms with E-state index in [-0.39, 0.29) is 12.5 Å². The molecule has 4 nitrogen and oxygen atoms in total.